The van der Waals surface area contributed by atoms with Crippen molar-refractivity contribution in [2.24, 2.45) is 5.92 Å². The summed E-state index contributed by atoms with van der Waals surface area (Å²) >= 11 is 0. The molecule has 0 aliphatic heterocycles. The summed E-state index contributed by atoms with van der Waals surface area (Å²) in [6.07, 6.45) is 0. The molecular weight excluding hydrogens is 250 g/mol. The van der Waals surface area contributed by atoms with Crippen LogP contribution >= 0.6 is 0 Å². The van der Waals surface area contributed by atoms with E-state index in [2.05, 4.69) is 5.32 Å². The Kier molecular flexibility index (Phi) is 4.41. The molecule has 104 valence electrons. The normalized spacial score (nSPS) is 10.4. The number of aryl methyl sites for hydroxylation is 1. The molecule has 0 aliphatic carbocycles. The predicted molar refractivity (Wildman–Crippen MR) is 81.2 cm³/mol. The summed E-state index contributed by atoms with van der Waals surface area (Å²) < 4.78 is 5.73. The first-order chi connectivity index (χ1) is 9.54. The van der Waals surface area contributed by atoms with Crippen molar-refractivity contribution >= 4 is 11.6 Å². The molecule has 2 rings (SSSR count). The summed E-state index contributed by atoms with van der Waals surface area (Å²) in [4.78, 5) is 11.6. The van der Waals surface area contributed by atoms with Crippen molar-refractivity contribution in [2.45, 2.75) is 20.8 Å². The number of amides is 1. The number of anilines is 1. The lowest BCUT2D eigenvalue weighted by atomic mass is 10.2. The predicted octanol–water partition coefficient (Wildman–Crippen LogP) is 4.38. The Morgan fingerprint density at radius 1 is 0.950 bits per heavy atom. The standard InChI is InChI=1S/C17H19NO2/c1-12(2)17(19)18-14-6-10-16(11-7-14)20-15-8-4-13(3)5-9-15/h4-12H,1-3H3,(H,18,19). The van der Waals surface area contributed by atoms with Crippen LogP contribution in [0.5, 0.6) is 11.5 Å². The Hall–Kier alpha value is -2.29. The van der Waals surface area contributed by atoms with Gasteiger partial charge in [0.1, 0.15) is 11.5 Å². The van der Waals surface area contributed by atoms with Crippen LogP contribution in [-0.2, 0) is 4.79 Å². The van der Waals surface area contributed by atoms with E-state index in [0.29, 0.717) is 0 Å². The molecule has 0 radical (unpaired) electrons. The lowest BCUT2D eigenvalue weighted by Gasteiger charge is -2.09. The molecule has 3 nitrogen and oxygen atoms in total. The summed E-state index contributed by atoms with van der Waals surface area (Å²) in [5, 5.41) is 2.85. The SMILES string of the molecule is Cc1ccc(Oc2ccc(NC(=O)C(C)C)cc2)cc1. The van der Waals surface area contributed by atoms with Crippen LogP contribution in [0.1, 0.15) is 19.4 Å². The summed E-state index contributed by atoms with van der Waals surface area (Å²) in [5.41, 5.74) is 1.98. The minimum absolute atomic E-state index is 0.0113. The van der Waals surface area contributed by atoms with Gasteiger partial charge in [0, 0.05) is 11.6 Å². The van der Waals surface area contributed by atoms with E-state index in [9.17, 15) is 4.79 Å². The molecule has 0 heterocycles. The molecule has 1 N–H and O–H groups in total. The first kappa shape index (κ1) is 14.1. The molecule has 0 spiro atoms. The molecule has 2 aromatic rings. The van der Waals surface area contributed by atoms with Gasteiger partial charge in [-0.1, -0.05) is 31.5 Å². The minimum Gasteiger partial charge on any atom is -0.457 e. The van der Waals surface area contributed by atoms with Crippen molar-refractivity contribution in [3.05, 3.63) is 54.1 Å². The zero-order chi connectivity index (χ0) is 14.5. The molecule has 0 atom stereocenters. The zero-order valence-electron chi connectivity index (χ0n) is 12.0. The van der Waals surface area contributed by atoms with E-state index >= 15 is 0 Å². The third-order valence-corrected chi connectivity index (χ3v) is 2.90. The van der Waals surface area contributed by atoms with Gasteiger partial charge in [-0.25, -0.2) is 0 Å². The summed E-state index contributed by atoms with van der Waals surface area (Å²) in [6.45, 7) is 5.77. The monoisotopic (exact) mass is 269 g/mol. The molecule has 2 aromatic carbocycles. The fraction of sp³-hybridized carbons (Fsp3) is 0.235. The largest absolute Gasteiger partial charge is 0.457 e. The van der Waals surface area contributed by atoms with Gasteiger partial charge in [-0.2, -0.15) is 0 Å². The van der Waals surface area contributed by atoms with Crippen molar-refractivity contribution in [1.82, 2.24) is 0 Å². The highest BCUT2D eigenvalue weighted by atomic mass is 16.5. The average molecular weight is 269 g/mol. The first-order valence-electron chi connectivity index (χ1n) is 6.70. The fourth-order valence-electron chi connectivity index (χ4n) is 1.64. The Morgan fingerprint density at radius 3 is 1.95 bits per heavy atom. The number of nitrogens with one attached hydrogen (secondary N) is 1. The van der Waals surface area contributed by atoms with Crippen LogP contribution in [0.3, 0.4) is 0 Å². The van der Waals surface area contributed by atoms with Gasteiger partial charge < -0.3 is 10.1 Å². The number of hydrogen-bond acceptors (Lipinski definition) is 2. The van der Waals surface area contributed by atoms with Gasteiger partial charge in [-0.15, -0.1) is 0 Å². The number of rotatable bonds is 4. The van der Waals surface area contributed by atoms with Gasteiger partial charge >= 0.3 is 0 Å². The van der Waals surface area contributed by atoms with E-state index in [1.165, 1.54) is 5.56 Å². The van der Waals surface area contributed by atoms with Crippen LogP contribution in [0.25, 0.3) is 0 Å². The molecule has 0 aliphatic rings. The Bertz CT molecular complexity index is 571. The second-order valence-electron chi connectivity index (χ2n) is 5.08. The van der Waals surface area contributed by atoms with Crippen molar-refractivity contribution in [2.75, 3.05) is 5.32 Å². The summed E-state index contributed by atoms with van der Waals surface area (Å²) in [6, 6.07) is 15.2. The molecule has 0 saturated heterocycles. The number of carbonyl (C=O) groups is 1. The van der Waals surface area contributed by atoms with Crippen molar-refractivity contribution in [3.8, 4) is 11.5 Å². The smallest absolute Gasteiger partial charge is 0.226 e. The third kappa shape index (κ3) is 3.85. The molecule has 0 saturated carbocycles. The maximum Gasteiger partial charge on any atom is 0.226 e. The highest BCUT2D eigenvalue weighted by Crippen LogP contribution is 2.23. The zero-order valence-corrected chi connectivity index (χ0v) is 12.0. The Balaban J connectivity index is 2.01. The lowest BCUT2D eigenvalue weighted by molar-refractivity contribution is -0.118. The molecule has 20 heavy (non-hydrogen) atoms. The van der Waals surface area contributed by atoms with Crippen LogP contribution in [0.15, 0.2) is 48.5 Å². The van der Waals surface area contributed by atoms with E-state index in [1.807, 2.05) is 69.3 Å². The lowest BCUT2D eigenvalue weighted by Crippen LogP contribution is -2.17. The third-order valence-electron chi connectivity index (χ3n) is 2.90. The average Bonchev–Trinajstić information content (AvgIpc) is 2.43. The Morgan fingerprint density at radius 2 is 1.45 bits per heavy atom. The number of ether oxygens (including phenoxy) is 1. The van der Waals surface area contributed by atoms with E-state index in [-0.39, 0.29) is 11.8 Å². The molecule has 0 fully saturated rings. The molecular formula is C17H19NO2. The Labute approximate surface area is 119 Å². The number of carbonyl (C=O) groups excluding carboxylic acids is 1. The van der Waals surface area contributed by atoms with Gasteiger partial charge in [-0.3, -0.25) is 4.79 Å². The highest BCUT2D eigenvalue weighted by Gasteiger charge is 2.06. The van der Waals surface area contributed by atoms with E-state index in [1.54, 1.807) is 0 Å². The maximum atomic E-state index is 11.6. The van der Waals surface area contributed by atoms with Crippen LogP contribution in [-0.4, -0.2) is 5.91 Å². The van der Waals surface area contributed by atoms with Crippen LogP contribution in [0.4, 0.5) is 5.69 Å². The van der Waals surface area contributed by atoms with E-state index in [4.69, 9.17) is 4.74 Å². The molecule has 3 heteroatoms. The van der Waals surface area contributed by atoms with Gasteiger partial charge in [-0.05, 0) is 43.3 Å². The molecule has 0 aromatic heterocycles. The van der Waals surface area contributed by atoms with Gasteiger partial charge in [0.15, 0.2) is 0 Å². The maximum absolute atomic E-state index is 11.6. The van der Waals surface area contributed by atoms with Crippen molar-refractivity contribution < 1.29 is 9.53 Å². The second-order valence-corrected chi connectivity index (χ2v) is 5.08. The second kappa shape index (κ2) is 6.24. The number of benzene rings is 2. The van der Waals surface area contributed by atoms with Crippen molar-refractivity contribution in [1.29, 1.82) is 0 Å². The van der Waals surface area contributed by atoms with Crippen LogP contribution in [0.2, 0.25) is 0 Å². The van der Waals surface area contributed by atoms with Crippen LogP contribution in [0, 0.1) is 12.8 Å². The molecule has 1 amide bonds. The van der Waals surface area contributed by atoms with E-state index < -0.39 is 0 Å². The summed E-state index contributed by atoms with van der Waals surface area (Å²) in [7, 11) is 0. The fourth-order valence-corrected chi connectivity index (χ4v) is 1.64. The minimum atomic E-state index is -0.0292. The van der Waals surface area contributed by atoms with Crippen molar-refractivity contribution in [3.63, 3.8) is 0 Å². The topological polar surface area (TPSA) is 38.3 Å². The highest BCUT2D eigenvalue weighted by molar-refractivity contribution is 5.92. The number of hydrogen-bond donors (Lipinski definition) is 1. The molecule has 0 unspecified atom stereocenters. The van der Waals surface area contributed by atoms with E-state index in [0.717, 1.165) is 17.2 Å². The van der Waals surface area contributed by atoms with Gasteiger partial charge in [0.25, 0.3) is 0 Å². The van der Waals surface area contributed by atoms with Gasteiger partial charge in [0.2, 0.25) is 5.91 Å². The van der Waals surface area contributed by atoms with Crippen LogP contribution < -0.4 is 10.1 Å². The van der Waals surface area contributed by atoms with Gasteiger partial charge in [0.05, 0.1) is 0 Å². The first-order valence-corrected chi connectivity index (χ1v) is 6.70. The summed E-state index contributed by atoms with van der Waals surface area (Å²) in [5.74, 6) is 1.53. The molecule has 0 bridgehead atoms. The quantitative estimate of drug-likeness (QED) is 0.894.